The summed E-state index contributed by atoms with van der Waals surface area (Å²) >= 11 is 0. The molecule has 0 radical (unpaired) electrons. The molecule has 3 rings (SSSR count). The molecule has 1 saturated carbocycles. The lowest BCUT2D eigenvalue weighted by atomic mass is 10.2. The van der Waals surface area contributed by atoms with Crippen LogP contribution in [0, 0.1) is 10.1 Å². The van der Waals surface area contributed by atoms with Crippen molar-refractivity contribution in [2.45, 2.75) is 49.1 Å². The van der Waals surface area contributed by atoms with Crippen molar-refractivity contribution in [3.05, 3.63) is 28.3 Å². The van der Waals surface area contributed by atoms with Crippen molar-refractivity contribution in [2.24, 2.45) is 0 Å². The molecule has 25 heavy (non-hydrogen) atoms. The van der Waals surface area contributed by atoms with Gasteiger partial charge in [0.1, 0.15) is 5.69 Å². The van der Waals surface area contributed by atoms with Gasteiger partial charge >= 0.3 is 0 Å². The smallest absolute Gasteiger partial charge is 0.293 e. The van der Waals surface area contributed by atoms with Gasteiger partial charge in [0.15, 0.2) is 0 Å². The monoisotopic (exact) mass is 368 g/mol. The number of nitrogens with zero attached hydrogens (tertiary/aromatic N) is 2. The van der Waals surface area contributed by atoms with Gasteiger partial charge in [-0.15, -0.1) is 0 Å². The van der Waals surface area contributed by atoms with Gasteiger partial charge in [0, 0.05) is 31.2 Å². The van der Waals surface area contributed by atoms with E-state index in [1.54, 1.807) is 0 Å². The van der Waals surface area contributed by atoms with Gasteiger partial charge in [-0.2, -0.15) is 0 Å². The van der Waals surface area contributed by atoms with Crippen LogP contribution in [0.5, 0.6) is 0 Å². The van der Waals surface area contributed by atoms with Crippen molar-refractivity contribution in [2.75, 3.05) is 25.5 Å². The highest BCUT2D eigenvalue weighted by atomic mass is 32.2. The molecule has 0 amide bonds. The zero-order valence-corrected chi connectivity index (χ0v) is 15.1. The second-order valence-electron chi connectivity index (χ2n) is 6.71. The molecule has 2 aliphatic rings. The Morgan fingerprint density at radius 2 is 1.96 bits per heavy atom. The molecule has 1 atom stereocenters. The van der Waals surface area contributed by atoms with Crippen molar-refractivity contribution in [1.29, 1.82) is 0 Å². The van der Waals surface area contributed by atoms with E-state index in [0.717, 1.165) is 25.6 Å². The number of nitro groups is 1. The largest absolute Gasteiger partial charge is 0.375 e. The minimum Gasteiger partial charge on any atom is -0.375 e. The Labute approximate surface area is 147 Å². The fourth-order valence-corrected chi connectivity index (χ4v) is 4.55. The topological polar surface area (TPSA) is 105 Å². The molecule has 0 spiro atoms. The molecule has 1 aliphatic carbocycles. The highest BCUT2D eigenvalue weighted by Crippen LogP contribution is 2.31. The quantitative estimate of drug-likeness (QED) is 0.587. The average Bonchev–Trinajstić information content (AvgIpc) is 3.26. The van der Waals surface area contributed by atoms with Crippen LogP contribution in [-0.2, 0) is 10.0 Å². The lowest BCUT2D eigenvalue weighted by molar-refractivity contribution is -0.384. The Hall–Kier alpha value is -1.71. The van der Waals surface area contributed by atoms with E-state index in [-0.39, 0.29) is 16.6 Å². The van der Waals surface area contributed by atoms with E-state index in [1.165, 1.54) is 44.9 Å². The summed E-state index contributed by atoms with van der Waals surface area (Å²) in [5, 5.41) is 14.6. The van der Waals surface area contributed by atoms with Crippen LogP contribution < -0.4 is 10.0 Å². The van der Waals surface area contributed by atoms with Gasteiger partial charge in [-0.25, -0.2) is 13.1 Å². The molecule has 0 bridgehead atoms. The molecular weight excluding hydrogens is 344 g/mol. The predicted octanol–water partition coefficient (Wildman–Crippen LogP) is 1.93. The Kier molecular flexibility index (Phi) is 5.26. The van der Waals surface area contributed by atoms with Crippen molar-refractivity contribution in [3.63, 3.8) is 0 Å². The number of hydrogen-bond donors (Lipinski definition) is 2. The van der Waals surface area contributed by atoms with Crippen LogP contribution in [-0.4, -0.2) is 50.5 Å². The van der Waals surface area contributed by atoms with E-state index in [2.05, 4.69) is 14.9 Å². The summed E-state index contributed by atoms with van der Waals surface area (Å²) in [6.07, 6.45) is 5.98. The number of hydrogen-bond acceptors (Lipinski definition) is 6. The first-order valence-electron chi connectivity index (χ1n) is 8.63. The highest BCUT2D eigenvalue weighted by molar-refractivity contribution is 7.89. The fraction of sp³-hybridized carbons (Fsp3) is 0.625. The molecule has 1 aliphatic heterocycles. The summed E-state index contributed by atoms with van der Waals surface area (Å²) in [5.41, 5.74) is 0.161. The summed E-state index contributed by atoms with van der Waals surface area (Å²) in [7, 11) is -2.43. The zero-order valence-electron chi connectivity index (χ0n) is 14.3. The second kappa shape index (κ2) is 7.27. The van der Waals surface area contributed by atoms with Crippen LogP contribution in [0.15, 0.2) is 23.1 Å². The SMILES string of the molecule is CNS(=O)(=O)c1ccc(NC2CCN(C3CCCC3)C2)c([N+](=O)[O-])c1. The normalized spacial score (nSPS) is 22.4. The van der Waals surface area contributed by atoms with E-state index in [4.69, 9.17) is 0 Å². The molecule has 1 aromatic rings. The van der Waals surface area contributed by atoms with E-state index in [0.29, 0.717) is 11.7 Å². The number of likely N-dealkylation sites (tertiary alicyclic amines) is 1. The van der Waals surface area contributed by atoms with Crippen LogP contribution in [0.25, 0.3) is 0 Å². The number of benzene rings is 1. The van der Waals surface area contributed by atoms with Crippen molar-refractivity contribution < 1.29 is 13.3 Å². The van der Waals surface area contributed by atoms with Crippen LogP contribution in [0.3, 0.4) is 0 Å². The summed E-state index contributed by atoms with van der Waals surface area (Å²) in [4.78, 5) is 13.2. The summed E-state index contributed by atoms with van der Waals surface area (Å²) in [6.45, 7) is 1.88. The van der Waals surface area contributed by atoms with Gasteiger partial charge in [-0.1, -0.05) is 12.8 Å². The van der Waals surface area contributed by atoms with E-state index in [9.17, 15) is 18.5 Å². The van der Waals surface area contributed by atoms with Gasteiger partial charge in [0.2, 0.25) is 10.0 Å². The molecule has 0 aromatic heterocycles. The van der Waals surface area contributed by atoms with Gasteiger partial charge in [-0.3, -0.25) is 15.0 Å². The Balaban J connectivity index is 1.75. The van der Waals surface area contributed by atoms with Crippen LogP contribution in [0.1, 0.15) is 32.1 Å². The number of anilines is 1. The lowest BCUT2D eigenvalue weighted by Gasteiger charge is -2.23. The third-order valence-corrected chi connectivity index (χ3v) is 6.58. The summed E-state index contributed by atoms with van der Waals surface area (Å²) < 4.78 is 25.9. The molecule has 1 aromatic carbocycles. The number of sulfonamides is 1. The minimum absolute atomic E-state index is 0.105. The van der Waals surface area contributed by atoms with Gasteiger partial charge < -0.3 is 5.32 Å². The van der Waals surface area contributed by atoms with Gasteiger partial charge in [0.25, 0.3) is 5.69 Å². The van der Waals surface area contributed by atoms with E-state index in [1.807, 2.05) is 0 Å². The third kappa shape index (κ3) is 3.94. The Bertz CT molecular complexity index is 747. The molecule has 8 nitrogen and oxygen atoms in total. The van der Waals surface area contributed by atoms with Crippen molar-refractivity contribution >= 4 is 21.4 Å². The maximum absolute atomic E-state index is 11.9. The summed E-state index contributed by atoms with van der Waals surface area (Å²) in [6, 6.07) is 4.78. The molecule has 1 unspecified atom stereocenters. The van der Waals surface area contributed by atoms with Crippen LogP contribution >= 0.6 is 0 Å². The first kappa shape index (κ1) is 18.1. The van der Waals surface area contributed by atoms with Crippen LogP contribution in [0.2, 0.25) is 0 Å². The number of nitrogens with one attached hydrogen (secondary N) is 2. The number of nitro benzene ring substituents is 1. The molecule has 138 valence electrons. The maximum atomic E-state index is 11.9. The molecule has 2 fully saturated rings. The van der Waals surface area contributed by atoms with Crippen LogP contribution in [0.4, 0.5) is 11.4 Å². The number of rotatable bonds is 6. The molecule has 1 saturated heterocycles. The average molecular weight is 368 g/mol. The maximum Gasteiger partial charge on any atom is 0.293 e. The first-order valence-corrected chi connectivity index (χ1v) is 10.1. The van der Waals surface area contributed by atoms with Crippen molar-refractivity contribution in [3.8, 4) is 0 Å². The predicted molar refractivity (Wildman–Crippen MR) is 95.2 cm³/mol. The minimum atomic E-state index is -3.71. The molecule has 9 heteroatoms. The van der Waals surface area contributed by atoms with Gasteiger partial charge in [0.05, 0.1) is 9.82 Å². The molecular formula is C16H24N4O4S. The van der Waals surface area contributed by atoms with E-state index >= 15 is 0 Å². The van der Waals surface area contributed by atoms with Crippen molar-refractivity contribution in [1.82, 2.24) is 9.62 Å². The highest BCUT2D eigenvalue weighted by Gasteiger charge is 2.31. The lowest BCUT2D eigenvalue weighted by Crippen LogP contribution is -2.33. The molecule has 2 N–H and O–H groups in total. The molecule has 1 heterocycles. The second-order valence-corrected chi connectivity index (χ2v) is 8.59. The Morgan fingerprint density at radius 3 is 2.60 bits per heavy atom. The first-order chi connectivity index (χ1) is 11.9. The third-order valence-electron chi connectivity index (χ3n) is 5.17. The Morgan fingerprint density at radius 1 is 1.24 bits per heavy atom. The zero-order chi connectivity index (χ0) is 18.0. The summed E-state index contributed by atoms with van der Waals surface area (Å²) in [5.74, 6) is 0. The van der Waals surface area contributed by atoms with E-state index < -0.39 is 14.9 Å². The van der Waals surface area contributed by atoms with Gasteiger partial charge in [-0.05, 0) is 38.4 Å². The fourth-order valence-electron chi connectivity index (χ4n) is 3.80. The standard InChI is InChI=1S/C16H24N4O4S/c1-17-25(23,24)14-6-7-15(16(10-14)20(21)22)18-12-8-9-19(11-12)13-4-2-3-5-13/h6-7,10,12-13,17-18H,2-5,8-9,11H2,1H3.